The van der Waals surface area contributed by atoms with Crippen LogP contribution >= 0.6 is 12.4 Å². The van der Waals surface area contributed by atoms with Crippen LogP contribution in [-0.2, 0) is 15.3 Å². The summed E-state index contributed by atoms with van der Waals surface area (Å²) in [5.74, 6) is -0.860. The SMILES string of the molecule is CC1(N)COC(c2ccccc2)(c2ccccc2)OC1.Cl. The van der Waals surface area contributed by atoms with Gasteiger partial charge in [-0.15, -0.1) is 12.4 Å². The first-order valence-corrected chi connectivity index (χ1v) is 6.80. The van der Waals surface area contributed by atoms with E-state index in [1.54, 1.807) is 0 Å². The van der Waals surface area contributed by atoms with E-state index in [2.05, 4.69) is 0 Å². The smallest absolute Gasteiger partial charge is 0.222 e. The highest BCUT2D eigenvalue weighted by Crippen LogP contribution is 2.38. The second-order valence-corrected chi connectivity index (χ2v) is 5.58. The zero-order valence-corrected chi connectivity index (χ0v) is 12.8. The Morgan fingerprint density at radius 3 is 1.57 bits per heavy atom. The first kappa shape index (κ1) is 16.0. The molecule has 2 N–H and O–H groups in total. The van der Waals surface area contributed by atoms with Crippen LogP contribution in [0.15, 0.2) is 60.7 Å². The van der Waals surface area contributed by atoms with Crippen molar-refractivity contribution in [3.8, 4) is 0 Å². The summed E-state index contributed by atoms with van der Waals surface area (Å²) in [5, 5.41) is 0. The lowest BCUT2D eigenvalue weighted by molar-refractivity contribution is -0.269. The van der Waals surface area contributed by atoms with Gasteiger partial charge in [0.1, 0.15) is 0 Å². The Hall–Kier alpha value is -1.39. The molecular formula is C17H20ClNO2. The molecule has 0 unspecified atom stereocenters. The monoisotopic (exact) mass is 305 g/mol. The molecule has 3 rings (SSSR count). The molecular weight excluding hydrogens is 286 g/mol. The molecule has 21 heavy (non-hydrogen) atoms. The van der Waals surface area contributed by atoms with Gasteiger partial charge in [0, 0.05) is 11.1 Å². The Labute approximate surface area is 131 Å². The third-order valence-corrected chi connectivity index (χ3v) is 3.52. The molecule has 1 aliphatic rings. The van der Waals surface area contributed by atoms with E-state index in [1.807, 2.05) is 67.6 Å². The molecule has 112 valence electrons. The quantitative estimate of drug-likeness (QED) is 0.927. The highest BCUT2D eigenvalue weighted by Gasteiger charge is 2.43. The molecule has 3 nitrogen and oxygen atoms in total. The zero-order chi connectivity index (χ0) is 14.1. The van der Waals surface area contributed by atoms with E-state index < -0.39 is 11.3 Å². The number of rotatable bonds is 2. The van der Waals surface area contributed by atoms with Crippen LogP contribution < -0.4 is 5.73 Å². The summed E-state index contributed by atoms with van der Waals surface area (Å²) in [7, 11) is 0. The van der Waals surface area contributed by atoms with Crippen molar-refractivity contribution in [2.45, 2.75) is 18.2 Å². The highest BCUT2D eigenvalue weighted by atomic mass is 35.5. The number of nitrogens with two attached hydrogens (primary N) is 1. The second-order valence-electron chi connectivity index (χ2n) is 5.58. The van der Waals surface area contributed by atoms with Gasteiger partial charge >= 0.3 is 0 Å². The van der Waals surface area contributed by atoms with Crippen LogP contribution in [0.5, 0.6) is 0 Å². The van der Waals surface area contributed by atoms with Crippen molar-refractivity contribution in [3.05, 3.63) is 71.8 Å². The first-order chi connectivity index (χ1) is 9.62. The standard InChI is InChI=1S/C17H19NO2.ClH/c1-16(18)12-19-17(20-13-16,14-8-4-2-5-9-14)15-10-6-3-7-11-15;/h2-11H,12-13,18H2,1H3;1H. The van der Waals surface area contributed by atoms with Crippen molar-refractivity contribution < 1.29 is 9.47 Å². The van der Waals surface area contributed by atoms with Crippen molar-refractivity contribution in [3.63, 3.8) is 0 Å². The largest absolute Gasteiger partial charge is 0.340 e. The third-order valence-electron chi connectivity index (χ3n) is 3.52. The molecule has 1 aliphatic heterocycles. The molecule has 0 aliphatic carbocycles. The average Bonchev–Trinajstić information content (AvgIpc) is 2.50. The highest BCUT2D eigenvalue weighted by molar-refractivity contribution is 5.85. The fourth-order valence-electron chi connectivity index (χ4n) is 2.43. The molecule has 1 saturated heterocycles. The summed E-state index contributed by atoms with van der Waals surface area (Å²) in [4.78, 5) is 0. The molecule has 0 radical (unpaired) electrons. The van der Waals surface area contributed by atoms with E-state index >= 15 is 0 Å². The van der Waals surface area contributed by atoms with E-state index in [9.17, 15) is 0 Å². The number of hydrogen-bond acceptors (Lipinski definition) is 3. The Balaban J connectivity index is 0.00000161. The molecule has 4 heteroatoms. The van der Waals surface area contributed by atoms with Gasteiger partial charge in [0.15, 0.2) is 0 Å². The molecule has 0 bridgehead atoms. The predicted molar refractivity (Wildman–Crippen MR) is 85.4 cm³/mol. The molecule has 2 aromatic rings. The maximum absolute atomic E-state index is 6.11. The van der Waals surface area contributed by atoms with Gasteiger partial charge < -0.3 is 15.2 Å². The molecule has 0 spiro atoms. The van der Waals surface area contributed by atoms with E-state index in [-0.39, 0.29) is 12.4 Å². The summed E-state index contributed by atoms with van der Waals surface area (Å²) < 4.78 is 12.2. The van der Waals surface area contributed by atoms with E-state index in [0.29, 0.717) is 13.2 Å². The number of halogens is 1. The van der Waals surface area contributed by atoms with Crippen molar-refractivity contribution in [1.82, 2.24) is 0 Å². The Kier molecular flexibility index (Phi) is 4.69. The van der Waals surface area contributed by atoms with Crippen LogP contribution in [0.4, 0.5) is 0 Å². The average molecular weight is 306 g/mol. The van der Waals surface area contributed by atoms with Gasteiger partial charge in [-0.3, -0.25) is 0 Å². The molecule has 0 amide bonds. The molecule has 2 aromatic carbocycles. The molecule has 1 heterocycles. The minimum absolute atomic E-state index is 0. The van der Waals surface area contributed by atoms with Crippen LogP contribution in [-0.4, -0.2) is 18.8 Å². The summed E-state index contributed by atoms with van der Waals surface area (Å²) in [5.41, 5.74) is 7.63. The Bertz CT molecular complexity index is 520. The van der Waals surface area contributed by atoms with Crippen molar-refractivity contribution >= 4 is 12.4 Å². The lowest BCUT2D eigenvalue weighted by Crippen LogP contribution is -2.55. The fourth-order valence-corrected chi connectivity index (χ4v) is 2.43. The van der Waals surface area contributed by atoms with Crippen molar-refractivity contribution in [2.24, 2.45) is 5.73 Å². The Morgan fingerprint density at radius 1 is 0.810 bits per heavy atom. The number of ether oxygens (including phenoxy) is 2. The minimum Gasteiger partial charge on any atom is -0.340 e. The second kappa shape index (κ2) is 6.16. The van der Waals surface area contributed by atoms with Crippen LogP contribution in [0.3, 0.4) is 0 Å². The first-order valence-electron chi connectivity index (χ1n) is 6.80. The van der Waals surface area contributed by atoms with Gasteiger partial charge in [0.25, 0.3) is 0 Å². The summed E-state index contributed by atoms with van der Waals surface area (Å²) in [6.07, 6.45) is 0. The number of hydrogen-bond donors (Lipinski definition) is 1. The van der Waals surface area contributed by atoms with Crippen LogP contribution in [0.25, 0.3) is 0 Å². The lowest BCUT2D eigenvalue weighted by Gasteiger charge is -2.43. The van der Waals surface area contributed by atoms with E-state index in [4.69, 9.17) is 15.2 Å². The van der Waals surface area contributed by atoms with E-state index in [0.717, 1.165) is 11.1 Å². The van der Waals surface area contributed by atoms with Crippen LogP contribution in [0, 0.1) is 0 Å². The topological polar surface area (TPSA) is 44.5 Å². The van der Waals surface area contributed by atoms with Gasteiger partial charge in [0.05, 0.1) is 18.8 Å². The van der Waals surface area contributed by atoms with Gasteiger partial charge in [-0.1, -0.05) is 60.7 Å². The third kappa shape index (κ3) is 3.11. The van der Waals surface area contributed by atoms with Gasteiger partial charge in [-0.25, -0.2) is 0 Å². The normalized spacial score (nSPS) is 19.5. The maximum atomic E-state index is 6.11. The fraction of sp³-hybridized carbons (Fsp3) is 0.294. The van der Waals surface area contributed by atoms with Gasteiger partial charge in [0.2, 0.25) is 5.79 Å². The predicted octanol–water partition coefficient (Wildman–Crippen LogP) is 3.07. The minimum atomic E-state index is -0.860. The van der Waals surface area contributed by atoms with E-state index in [1.165, 1.54) is 0 Å². The van der Waals surface area contributed by atoms with Crippen molar-refractivity contribution in [1.29, 1.82) is 0 Å². The molecule has 1 fully saturated rings. The summed E-state index contributed by atoms with van der Waals surface area (Å²) in [6, 6.07) is 20.0. The summed E-state index contributed by atoms with van der Waals surface area (Å²) in [6.45, 7) is 2.85. The zero-order valence-electron chi connectivity index (χ0n) is 12.0. The lowest BCUT2D eigenvalue weighted by atomic mass is 9.94. The summed E-state index contributed by atoms with van der Waals surface area (Å²) >= 11 is 0. The molecule has 0 aromatic heterocycles. The molecule has 0 saturated carbocycles. The molecule has 0 atom stereocenters. The van der Waals surface area contributed by atoms with Crippen LogP contribution in [0.2, 0.25) is 0 Å². The van der Waals surface area contributed by atoms with Gasteiger partial charge in [-0.05, 0) is 6.92 Å². The maximum Gasteiger partial charge on any atom is 0.222 e. The van der Waals surface area contributed by atoms with Crippen LogP contribution in [0.1, 0.15) is 18.1 Å². The van der Waals surface area contributed by atoms with Crippen molar-refractivity contribution in [2.75, 3.05) is 13.2 Å². The van der Waals surface area contributed by atoms with Gasteiger partial charge in [-0.2, -0.15) is 0 Å². The number of benzene rings is 2. The Morgan fingerprint density at radius 2 is 1.19 bits per heavy atom.